The van der Waals surface area contributed by atoms with E-state index in [0.717, 1.165) is 17.7 Å². The van der Waals surface area contributed by atoms with E-state index >= 15 is 8.78 Å². The smallest absolute Gasteiger partial charge is 0.261 e. The summed E-state index contributed by atoms with van der Waals surface area (Å²) in [6, 6.07) is 10.6. The number of H-pyrrole nitrogens is 2. The van der Waals surface area contributed by atoms with Crippen molar-refractivity contribution in [2.45, 2.75) is 24.7 Å². The van der Waals surface area contributed by atoms with Gasteiger partial charge in [-0.1, -0.05) is 32.0 Å². The zero-order chi connectivity index (χ0) is 25.6. The van der Waals surface area contributed by atoms with Crippen molar-refractivity contribution in [1.29, 1.82) is 0 Å². The third-order valence-electron chi connectivity index (χ3n) is 5.86. The van der Waals surface area contributed by atoms with Gasteiger partial charge in [0.05, 0.1) is 16.1 Å². The molecule has 2 heterocycles. The number of fused-ring (bicyclic) bond motifs is 1. The van der Waals surface area contributed by atoms with Gasteiger partial charge in [-0.15, -0.1) is 0 Å². The lowest BCUT2D eigenvalue weighted by Gasteiger charge is -2.14. The lowest BCUT2D eigenvalue weighted by atomic mass is 10.0. The number of nitrogens with zero attached hydrogens (tertiary/aromatic N) is 2. The Morgan fingerprint density at radius 1 is 0.944 bits per heavy atom. The monoisotopic (exact) mass is 511 g/mol. The van der Waals surface area contributed by atoms with E-state index in [1.165, 1.54) is 30.5 Å². The largest absolute Gasteiger partial charge is 0.343 e. The summed E-state index contributed by atoms with van der Waals surface area (Å²) in [5.74, 6) is -2.66. The first-order chi connectivity index (χ1) is 17.2. The SMILES string of the molecule is CC(C)c1ccc(S(=O)(=O)Nc2ccc(F)c(-c3ccc4c(-c5ncc[nH]5)n[nH]c4c3F)c2F)cc1. The van der Waals surface area contributed by atoms with E-state index in [-0.39, 0.29) is 16.3 Å². The first kappa shape index (κ1) is 23.6. The van der Waals surface area contributed by atoms with Crippen LogP contribution in [0.15, 0.2) is 65.8 Å². The van der Waals surface area contributed by atoms with Crippen molar-refractivity contribution in [2.75, 3.05) is 4.72 Å². The Kier molecular flexibility index (Phi) is 5.79. The molecule has 0 spiro atoms. The highest BCUT2D eigenvalue weighted by Crippen LogP contribution is 2.37. The summed E-state index contributed by atoms with van der Waals surface area (Å²) in [5.41, 5.74) is -0.419. The van der Waals surface area contributed by atoms with Crippen LogP contribution in [0, 0.1) is 17.5 Å². The van der Waals surface area contributed by atoms with Crippen molar-refractivity contribution < 1.29 is 21.6 Å². The molecular formula is C25H20F3N5O2S. The van der Waals surface area contributed by atoms with Crippen molar-refractivity contribution in [1.82, 2.24) is 20.2 Å². The molecular weight excluding hydrogens is 491 g/mol. The molecule has 2 aromatic heterocycles. The van der Waals surface area contributed by atoms with E-state index in [9.17, 15) is 12.8 Å². The Balaban J connectivity index is 1.55. The predicted octanol–water partition coefficient (Wildman–Crippen LogP) is 5.96. The molecule has 0 amide bonds. The highest BCUT2D eigenvalue weighted by atomic mass is 32.2. The van der Waals surface area contributed by atoms with Crippen molar-refractivity contribution in [2.24, 2.45) is 0 Å². The number of anilines is 1. The summed E-state index contributed by atoms with van der Waals surface area (Å²) in [7, 11) is -4.19. The fraction of sp³-hybridized carbons (Fsp3) is 0.120. The van der Waals surface area contributed by atoms with Gasteiger partial charge in [-0.3, -0.25) is 9.82 Å². The number of hydrogen-bond donors (Lipinski definition) is 3. The fourth-order valence-corrected chi connectivity index (χ4v) is 5.00. The van der Waals surface area contributed by atoms with Gasteiger partial charge in [0.15, 0.2) is 17.5 Å². The Bertz CT molecular complexity index is 1680. The van der Waals surface area contributed by atoms with Crippen LogP contribution in [0.1, 0.15) is 25.3 Å². The summed E-state index contributed by atoms with van der Waals surface area (Å²) >= 11 is 0. The van der Waals surface area contributed by atoms with E-state index in [1.54, 1.807) is 18.3 Å². The van der Waals surface area contributed by atoms with Crippen molar-refractivity contribution in [3.63, 3.8) is 0 Å². The van der Waals surface area contributed by atoms with Crippen molar-refractivity contribution >= 4 is 26.6 Å². The molecule has 0 saturated heterocycles. The van der Waals surface area contributed by atoms with Crippen LogP contribution in [0.3, 0.4) is 0 Å². The minimum absolute atomic E-state index is 0.0751. The second-order valence-electron chi connectivity index (χ2n) is 8.47. The maximum Gasteiger partial charge on any atom is 0.261 e. The van der Waals surface area contributed by atoms with Gasteiger partial charge in [-0.05, 0) is 41.8 Å². The molecule has 36 heavy (non-hydrogen) atoms. The number of nitrogens with one attached hydrogen (secondary N) is 3. The first-order valence-electron chi connectivity index (χ1n) is 10.9. The highest BCUT2D eigenvalue weighted by Gasteiger charge is 2.24. The van der Waals surface area contributed by atoms with Crippen LogP contribution < -0.4 is 4.72 Å². The lowest BCUT2D eigenvalue weighted by molar-refractivity contribution is 0.583. The maximum atomic E-state index is 15.5. The standard InChI is InChI=1S/C25H20F3N5O2S/c1-13(2)14-3-5-15(6-4-14)36(34,35)33-19-10-9-18(26)20(22(19)28)16-7-8-17-23(21(16)27)31-32-24(17)25-29-11-12-30-25/h3-13,33H,1-2H3,(H,29,30)(H,31,32). The van der Waals surface area contributed by atoms with Gasteiger partial charge in [0.25, 0.3) is 10.0 Å². The predicted molar refractivity (Wildman–Crippen MR) is 130 cm³/mol. The van der Waals surface area contributed by atoms with Gasteiger partial charge < -0.3 is 4.98 Å². The Morgan fingerprint density at radius 2 is 1.69 bits per heavy atom. The van der Waals surface area contributed by atoms with Crippen LogP contribution in [0.25, 0.3) is 33.5 Å². The van der Waals surface area contributed by atoms with E-state index in [4.69, 9.17) is 0 Å². The highest BCUT2D eigenvalue weighted by molar-refractivity contribution is 7.92. The second-order valence-corrected chi connectivity index (χ2v) is 10.2. The Hall–Kier alpha value is -4.12. The van der Waals surface area contributed by atoms with Crippen molar-refractivity contribution in [3.05, 3.63) is 83.9 Å². The third-order valence-corrected chi connectivity index (χ3v) is 7.24. The van der Waals surface area contributed by atoms with Crippen LogP contribution >= 0.6 is 0 Å². The number of imidazole rings is 1. The van der Waals surface area contributed by atoms with Crippen LogP contribution in [-0.4, -0.2) is 28.6 Å². The summed E-state index contributed by atoms with van der Waals surface area (Å²) in [6.45, 7) is 3.93. The van der Waals surface area contributed by atoms with Gasteiger partial charge in [0.1, 0.15) is 17.0 Å². The van der Waals surface area contributed by atoms with Crippen LogP contribution in [0.4, 0.5) is 18.9 Å². The number of benzene rings is 3. The molecule has 3 N–H and O–H groups in total. The number of halogens is 3. The molecule has 5 rings (SSSR count). The summed E-state index contributed by atoms with van der Waals surface area (Å²) in [4.78, 5) is 6.86. The second kappa shape index (κ2) is 8.83. The molecule has 0 aliphatic heterocycles. The van der Waals surface area contributed by atoms with Crippen LogP contribution in [0.2, 0.25) is 0 Å². The van der Waals surface area contributed by atoms with Gasteiger partial charge >= 0.3 is 0 Å². The molecule has 0 radical (unpaired) electrons. The molecule has 7 nitrogen and oxygen atoms in total. The molecule has 0 bridgehead atoms. The molecule has 3 aromatic carbocycles. The minimum atomic E-state index is -4.19. The van der Waals surface area contributed by atoms with E-state index in [2.05, 4.69) is 24.9 Å². The molecule has 0 aliphatic carbocycles. The molecule has 184 valence electrons. The zero-order valence-corrected chi connectivity index (χ0v) is 19.9. The maximum absolute atomic E-state index is 15.5. The van der Waals surface area contributed by atoms with Crippen molar-refractivity contribution in [3.8, 4) is 22.6 Å². The molecule has 0 unspecified atom stereocenters. The number of aromatic amines is 2. The number of aromatic nitrogens is 4. The third kappa shape index (κ3) is 4.01. The normalized spacial score (nSPS) is 11.9. The molecule has 0 atom stereocenters. The number of sulfonamides is 1. The van der Waals surface area contributed by atoms with E-state index < -0.39 is 44.3 Å². The molecule has 11 heteroatoms. The number of hydrogen-bond acceptors (Lipinski definition) is 4. The Morgan fingerprint density at radius 3 is 2.36 bits per heavy atom. The average Bonchev–Trinajstić information content (AvgIpc) is 3.52. The molecule has 0 aliphatic rings. The Labute approximate surface area is 204 Å². The minimum Gasteiger partial charge on any atom is -0.343 e. The lowest BCUT2D eigenvalue weighted by Crippen LogP contribution is -2.14. The first-order valence-corrected chi connectivity index (χ1v) is 12.4. The number of rotatable bonds is 6. The fourth-order valence-electron chi connectivity index (χ4n) is 3.94. The van der Waals surface area contributed by atoms with Crippen LogP contribution in [-0.2, 0) is 10.0 Å². The summed E-state index contributed by atoms with van der Waals surface area (Å²) < 4.78 is 73.5. The van der Waals surface area contributed by atoms with Gasteiger partial charge in [0, 0.05) is 23.3 Å². The van der Waals surface area contributed by atoms with Gasteiger partial charge in [-0.25, -0.2) is 26.6 Å². The zero-order valence-electron chi connectivity index (χ0n) is 19.1. The van der Waals surface area contributed by atoms with E-state index in [0.29, 0.717) is 16.9 Å². The molecule has 0 saturated carbocycles. The quantitative estimate of drug-likeness (QED) is 0.262. The summed E-state index contributed by atoms with van der Waals surface area (Å²) in [5, 5.41) is 6.95. The molecule has 5 aromatic rings. The topological polar surface area (TPSA) is 104 Å². The van der Waals surface area contributed by atoms with Crippen LogP contribution in [0.5, 0.6) is 0 Å². The molecule has 0 fully saturated rings. The van der Waals surface area contributed by atoms with E-state index in [1.807, 2.05) is 13.8 Å². The van der Waals surface area contributed by atoms with Gasteiger partial charge in [-0.2, -0.15) is 5.10 Å². The average molecular weight is 512 g/mol. The summed E-state index contributed by atoms with van der Waals surface area (Å²) in [6.07, 6.45) is 3.09. The van der Waals surface area contributed by atoms with Gasteiger partial charge in [0.2, 0.25) is 0 Å².